The van der Waals surface area contributed by atoms with Gasteiger partial charge in [0.15, 0.2) is 0 Å². The minimum absolute atomic E-state index is 0.0599. The van der Waals surface area contributed by atoms with Crippen LogP contribution in [0.2, 0.25) is 0 Å². The lowest BCUT2D eigenvalue weighted by Gasteiger charge is -2.19. The number of nitrogens with one attached hydrogen (secondary N) is 1. The maximum atomic E-state index is 13.7. The summed E-state index contributed by atoms with van der Waals surface area (Å²) in [5.74, 6) is -2.12. The topological polar surface area (TPSA) is 55.4 Å². The van der Waals surface area contributed by atoms with Gasteiger partial charge >= 0.3 is 12.1 Å². The molecule has 180 valence electrons. The predicted octanol–water partition coefficient (Wildman–Crippen LogP) is 6.71. The molecule has 0 aromatic heterocycles. The zero-order valence-electron chi connectivity index (χ0n) is 19.0. The van der Waals surface area contributed by atoms with Gasteiger partial charge in [0.1, 0.15) is 11.4 Å². The molecule has 0 bridgehead atoms. The van der Waals surface area contributed by atoms with Crippen molar-refractivity contribution in [2.24, 2.45) is 0 Å². The van der Waals surface area contributed by atoms with E-state index in [-0.39, 0.29) is 18.5 Å². The SMILES string of the molecule is C=Cc1ccccc1.CC(C)(C)OC(=O)CCc1ccc(F)c(NC(=O)CCC(F)(F)F)c1. The molecule has 2 aromatic rings. The summed E-state index contributed by atoms with van der Waals surface area (Å²) in [5.41, 5.74) is 0.900. The van der Waals surface area contributed by atoms with Crippen molar-refractivity contribution in [2.75, 3.05) is 5.32 Å². The molecule has 0 fully saturated rings. The Bertz CT molecular complexity index is 919. The van der Waals surface area contributed by atoms with Crippen LogP contribution in [0.25, 0.3) is 6.08 Å². The summed E-state index contributed by atoms with van der Waals surface area (Å²) in [5, 5.41) is 2.12. The lowest BCUT2D eigenvalue weighted by molar-refractivity contribution is -0.154. The monoisotopic (exact) mass is 467 g/mol. The fraction of sp³-hybridized carbons (Fsp3) is 0.360. The highest BCUT2D eigenvalue weighted by Crippen LogP contribution is 2.23. The summed E-state index contributed by atoms with van der Waals surface area (Å²) in [7, 11) is 0. The molecule has 1 amide bonds. The molecule has 0 atom stereocenters. The van der Waals surface area contributed by atoms with Crippen molar-refractivity contribution in [3.8, 4) is 0 Å². The summed E-state index contributed by atoms with van der Waals surface area (Å²) < 4.78 is 55.1. The van der Waals surface area contributed by atoms with Gasteiger partial charge in [0.05, 0.1) is 12.1 Å². The molecule has 4 nitrogen and oxygen atoms in total. The van der Waals surface area contributed by atoms with Gasteiger partial charge in [-0.1, -0.05) is 49.1 Å². The maximum Gasteiger partial charge on any atom is 0.389 e. The Balaban J connectivity index is 0.000000568. The first-order chi connectivity index (χ1) is 15.3. The van der Waals surface area contributed by atoms with Gasteiger partial charge in [-0.05, 0) is 50.5 Å². The van der Waals surface area contributed by atoms with E-state index in [1.54, 1.807) is 20.8 Å². The number of halogens is 4. The Kier molecular flexibility index (Phi) is 10.8. The van der Waals surface area contributed by atoms with Crippen LogP contribution < -0.4 is 5.32 Å². The van der Waals surface area contributed by atoms with Gasteiger partial charge in [-0.2, -0.15) is 13.2 Å². The van der Waals surface area contributed by atoms with E-state index < -0.39 is 42.3 Å². The summed E-state index contributed by atoms with van der Waals surface area (Å²) in [6, 6.07) is 13.8. The Morgan fingerprint density at radius 3 is 2.18 bits per heavy atom. The number of carbonyl (C=O) groups excluding carboxylic acids is 2. The van der Waals surface area contributed by atoms with E-state index in [2.05, 4.69) is 11.9 Å². The summed E-state index contributed by atoms with van der Waals surface area (Å²) in [4.78, 5) is 23.2. The third-order valence-electron chi connectivity index (χ3n) is 4.01. The van der Waals surface area contributed by atoms with E-state index in [0.717, 1.165) is 6.07 Å². The molecule has 0 spiro atoms. The number of benzene rings is 2. The van der Waals surface area contributed by atoms with Crippen LogP contribution in [0.5, 0.6) is 0 Å². The van der Waals surface area contributed by atoms with Crippen LogP contribution in [0, 0.1) is 5.82 Å². The van der Waals surface area contributed by atoms with Crippen molar-refractivity contribution in [3.05, 3.63) is 72.1 Å². The molecule has 2 rings (SSSR count). The number of aryl methyl sites for hydroxylation is 1. The first-order valence-electron chi connectivity index (χ1n) is 10.3. The third kappa shape index (κ3) is 13.1. The van der Waals surface area contributed by atoms with Crippen molar-refractivity contribution in [2.45, 2.75) is 58.2 Å². The fourth-order valence-corrected chi connectivity index (χ4v) is 2.52. The molecule has 0 aliphatic carbocycles. The molecule has 0 aliphatic heterocycles. The van der Waals surface area contributed by atoms with Crippen molar-refractivity contribution >= 4 is 23.6 Å². The molecule has 33 heavy (non-hydrogen) atoms. The molecule has 0 radical (unpaired) electrons. The molecule has 0 aliphatic rings. The lowest BCUT2D eigenvalue weighted by Crippen LogP contribution is -2.24. The maximum absolute atomic E-state index is 13.7. The minimum atomic E-state index is -4.45. The Labute approximate surface area is 191 Å². The van der Waals surface area contributed by atoms with Gasteiger partial charge in [-0.25, -0.2) is 4.39 Å². The van der Waals surface area contributed by atoms with Crippen LogP contribution in [0.1, 0.15) is 51.2 Å². The van der Waals surface area contributed by atoms with Crippen molar-refractivity contribution in [3.63, 3.8) is 0 Å². The minimum Gasteiger partial charge on any atom is -0.460 e. The van der Waals surface area contributed by atoms with E-state index in [0.29, 0.717) is 5.56 Å². The summed E-state index contributed by atoms with van der Waals surface area (Å²) >= 11 is 0. The second-order valence-corrected chi connectivity index (χ2v) is 8.18. The predicted molar refractivity (Wildman–Crippen MR) is 121 cm³/mol. The number of rotatable bonds is 7. The molecular weight excluding hydrogens is 438 g/mol. The largest absolute Gasteiger partial charge is 0.460 e. The Morgan fingerprint density at radius 1 is 1.03 bits per heavy atom. The number of alkyl halides is 3. The van der Waals surface area contributed by atoms with Crippen LogP contribution in [0.3, 0.4) is 0 Å². The molecule has 0 unspecified atom stereocenters. The Hall–Kier alpha value is -3.16. The molecule has 2 aromatic carbocycles. The zero-order valence-corrected chi connectivity index (χ0v) is 19.0. The molecule has 1 N–H and O–H groups in total. The van der Waals surface area contributed by atoms with Gasteiger partial charge in [-0.15, -0.1) is 0 Å². The van der Waals surface area contributed by atoms with Gasteiger partial charge < -0.3 is 10.1 Å². The first-order valence-corrected chi connectivity index (χ1v) is 10.3. The lowest BCUT2D eigenvalue weighted by atomic mass is 10.1. The number of ether oxygens (including phenoxy) is 1. The average molecular weight is 468 g/mol. The summed E-state index contributed by atoms with van der Waals surface area (Å²) in [6.07, 6.45) is -4.38. The third-order valence-corrected chi connectivity index (χ3v) is 4.01. The quantitative estimate of drug-likeness (QED) is 0.364. The van der Waals surface area contributed by atoms with Crippen LogP contribution >= 0.6 is 0 Å². The number of hydrogen-bond donors (Lipinski definition) is 1. The highest BCUT2D eigenvalue weighted by molar-refractivity contribution is 5.90. The van der Waals surface area contributed by atoms with Crippen LogP contribution in [-0.4, -0.2) is 23.7 Å². The number of anilines is 1. The number of hydrogen-bond acceptors (Lipinski definition) is 3. The first kappa shape index (κ1) is 27.9. The molecule has 8 heteroatoms. The number of carbonyl (C=O) groups is 2. The molecule has 0 heterocycles. The van der Waals surface area contributed by atoms with E-state index >= 15 is 0 Å². The van der Waals surface area contributed by atoms with Crippen LogP contribution in [0.15, 0.2) is 55.1 Å². The van der Waals surface area contributed by atoms with Crippen LogP contribution in [-0.2, 0) is 20.7 Å². The highest BCUT2D eigenvalue weighted by atomic mass is 19.4. The van der Waals surface area contributed by atoms with E-state index in [1.807, 2.05) is 36.4 Å². The van der Waals surface area contributed by atoms with E-state index in [9.17, 15) is 27.2 Å². The highest BCUT2D eigenvalue weighted by Gasteiger charge is 2.28. The molecular formula is C25H29F4NO3. The number of amides is 1. The average Bonchev–Trinajstić information content (AvgIpc) is 2.72. The second kappa shape index (κ2) is 12.8. The van der Waals surface area contributed by atoms with Crippen molar-refractivity contribution < 1.29 is 31.9 Å². The molecule has 0 saturated heterocycles. The van der Waals surface area contributed by atoms with Crippen molar-refractivity contribution in [1.82, 2.24) is 0 Å². The van der Waals surface area contributed by atoms with Gasteiger partial charge in [0.25, 0.3) is 0 Å². The normalized spacial score (nSPS) is 11.1. The van der Waals surface area contributed by atoms with Crippen LogP contribution in [0.4, 0.5) is 23.2 Å². The van der Waals surface area contributed by atoms with Gasteiger partial charge in [0.2, 0.25) is 5.91 Å². The standard InChI is InChI=1S/C17H21F4NO3.C8H8/c1-16(2,3)25-15(24)7-5-11-4-6-12(18)13(10-11)22-14(23)8-9-17(19,20)21;1-2-8-6-4-3-5-7-8/h4,6,10H,5,7-9H2,1-3H3,(H,22,23);2-7H,1H2. The van der Waals surface area contributed by atoms with Gasteiger partial charge in [-0.3, -0.25) is 9.59 Å². The van der Waals surface area contributed by atoms with E-state index in [1.165, 1.54) is 17.7 Å². The summed E-state index contributed by atoms with van der Waals surface area (Å²) in [6.45, 7) is 8.83. The fourth-order valence-electron chi connectivity index (χ4n) is 2.52. The second-order valence-electron chi connectivity index (χ2n) is 8.18. The molecule has 0 saturated carbocycles. The smallest absolute Gasteiger partial charge is 0.389 e. The van der Waals surface area contributed by atoms with Crippen molar-refractivity contribution in [1.29, 1.82) is 0 Å². The van der Waals surface area contributed by atoms with E-state index in [4.69, 9.17) is 4.74 Å². The Morgan fingerprint density at radius 2 is 1.67 bits per heavy atom. The number of esters is 1. The van der Waals surface area contributed by atoms with Gasteiger partial charge in [0, 0.05) is 12.8 Å². The zero-order chi connectivity index (χ0) is 25.1.